The molecule has 0 saturated carbocycles. The van der Waals surface area contributed by atoms with Gasteiger partial charge in [0.1, 0.15) is 35.6 Å². The van der Waals surface area contributed by atoms with E-state index in [4.69, 9.17) is 9.47 Å². The number of hydrogen-bond acceptors (Lipinski definition) is 4. The van der Waals surface area contributed by atoms with Gasteiger partial charge in [0.2, 0.25) is 0 Å². The zero-order chi connectivity index (χ0) is 23.1. The third-order valence-electron chi connectivity index (χ3n) is 4.80. The van der Waals surface area contributed by atoms with Gasteiger partial charge in [-0.1, -0.05) is 29.8 Å². The third kappa shape index (κ3) is 5.73. The van der Waals surface area contributed by atoms with E-state index < -0.39 is 5.91 Å². The average Bonchev–Trinajstić information content (AvgIpc) is 2.78. The van der Waals surface area contributed by atoms with Gasteiger partial charge in [-0.25, -0.2) is 4.39 Å². The fourth-order valence-electron chi connectivity index (χ4n) is 3.12. The standard InChI is InChI=1S/C26H23FN2O3/c1-17-7-10-24(18(2)11-17)29-26(30)21(15-28)13-20-8-9-23(31-3)14-25(20)32-16-19-5-4-6-22(27)12-19/h4-14H,16H2,1-3H3,(H,29,30)/b21-13+. The molecule has 0 fully saturated rings. The van der Waals surface area contributed by atoms with Crippen LogP contribution in [0.3, 0.4) is 0 Å². The highest BCUT2D eigenvalue weighted by Crippen LogP contribution is 2.28. The van der Waals surface area contributed by atoms with Gasteiger partial charge >= 0.3 is 0 Å². The second kappa shape index (κ2) is 10.3. The number of nitrogens with zero attached hydrogens (tertiary/aromatic N) is 1. The molecule has 0 bridgehead atoms. The van der Waals surface area contributed by atoms with Crippen molar-refractivity contribution in [1.29, 1.82) is 5.26 Å². The second-order valence-electron chi connectivity index (χ2n) is 7.26. The molecule has 0 aliphatic heterocycles. The SMILES string of the molecule is COc1ccc(/C=C(\C#N)C(=O)Nc2ccc(C)cc2C)c(OCc2cccc(F)c2)c1. The predicted molar refractivity (Wildman–Crippen MR) is 122 cm³/mol. The highest BCUT2D eigenvalue weighted by Gasteiger charge is 2.13. The van der Waals surface area contributed by atoms with Gasteiger partial charge in [0.05, 0.1) is 7.11 Å². The molecule has 1 amide bonds. The van der Waals surface area contributed by atoms with Crippen LogP contribution in [-0.2, 0) is 11.4 Å². The Morgan fingerprint density at radius 2 is 1.94 bits per heavy atom. The number of anilines is 1. The van der Waals surface area contributed by atoms with Crippen LogP contribution in [0.25, 0.3) is 6.08 Å². The van der Waals surface area contributed by atoms with Crippen molar-refractivity contribution in [2.24, 2.45) is 0 Å². The van der Waals surface area contributed by atoms with Crippen molar-refractivity contribution in [1.82, 2.24) is 0 Å². The van der Waals surface area contributed by atoms with Crippen molar-refractivity contribution in [2.75, 3.05) is 12.4 Å². The van der Waals surface area contributed by atoms with Crippen LogP contribution in [0.2, 0.25) is 0 Å². The quantitative estimate of drug-likeness (QED) is 0.393. The summed E-state index contributed by atoms with van der Waals surface area (Å²) in [5.41, 5.74) is 3.71. The number of nitriles is 1. The molecule has 3 aromatic rings. The van der Waals surface area contributed by atoms with Crippen LogP contribution in [-0.4, -0.2) is 13.0 Å². The summed E-state index contributed by atoms with van der Waals surface area (Å²) in [6.45, 7) is 3.97. The van der Waals surface area contributed by atoms with E-state index in [9.17, 15) is 14.4 Å². The topological polar surface area (TPSA) is 71.3 Å². The van der Waals surface area contributed by atoms with Crippen LogP contribution < -0.4 is 14.8 Å². The summed E-state index contributed by atoms with van der Waals surface area (Å²) in [6, 6.07) is 18.7. The molecule has 6 heteroatoms. The maximum absolute atomic E-state index is 13.5. The van der Waals surface area contributed by atoms with Crippen molar-refractivity contribution in [3.63, 3.8) is 0 Å². The lowest BCUT2D eigenvalue weighted by atomic mass is 10.1. The first-order valence-electron chi connectivity index (χ1n) is 9.95. The first kappa shape index (κ1) is 22.6. The van der Waals surface area contributed by atoms with Crippen molar-refractivity contribution in [3.8, 4) is 17.6 Å². The maximum atomic E-state index is 13.5. The molecule has 162 valence electrons. The van der Waals surface area contributed by atoms with Gasteiger partial charge in [0, 0.05) is 17.3 Å². The molecule has 0 unspecified atom stereocenters. The molecule has 3 aromatic carbocycles. The van der Waals surface area contributed by atoms with Gasteiger partial charge < -0.3 is 14.8 Å². The van der Waals surface area contributed by atoms with Gasteiger partial charge in [0.15, 0.2) is 0 Å². The zero-order valence-corrected chi connectivity index (χ0v) is 18.1. The fourth-order valence-corrected chi connectivity index (χ4v) is 3.12. The van der Waals surface area contributed by atoms with E-state index in [1.165, 1.54) is 25.3 Å². The monoisotopic (exact) mass is 430 g/mol. The largest absolute Gasteiger partial charge is 0.497 e. The van der Waals surface area contributed by atoms with Gasteiger partial charge in [-0.3, -0.25) is 4.79 Å². The summed E-state index contributed by atoms with van der Waals surface area (Å²) in [7, 11) is 1.53. The highest BCUT2D eigenvalue weighted by molar-refractivity contribution is 6.10. The molecule has 0 aromatic heterocycles. The number of ether oxygens (including phenoxy) is 2. The van der Waals surface area contributed by atoms with Crippen molar-refractivity contribution < 1.29 is 18.7 Å². The lowest BCUT2D eigenvalue weighted by Crippen LogP contribution is -2.14. The number of rotatable bonds is 7. The summed E-state index contributed by atoms with van der Waals surface area (Å²) in [5, 5.41) is 12.4. The van der Waals surface area contributed by atoms with Crippen molar-refractivity contribution >= 4 is 17.7 Å². The highest BCUT2D eigenvalue weighted by atomic mass is 19.1. The van der Waals surface area contributed by atoms with Gasteiger partial charge in [-0.2, -0.15) is 5.26 Å². The molecule has 0 radical (unpaired) electrons. The molecule has 0 atom stereocenters. The number of methoxy groups -OCH3 is 1. The molecular formula is C26H23FN2O3. The number of hydrogen-bond donors (Lipinski definition) is 1. The Morgan fingerprint density at radius 3 is 2.62 bits per heavy atom. The van der Waals surface area contributed by atoms with E-state index >= 15 is 0 Å². The summed E-state index contributed by atoms with van der Waals surface area (Å²) in [5.74, 6) is 0.0772. The fraction of sp³-hybridized carbons (Fsp3) is 0.154. The molecule has 5 nitrogen and oxygen atoms in total. The lowest BCUT2D eigenvalue weighted by Gasteiger charge is -2.12. The first-order valence-corrected chi connectivity index (χ1v) is 9.95. The smallest absolute Gasteiger partial charge is 0.266 e. The second-order valence-corrected chi connectivity index (χ2v) is 7.26. The molecule has 1 N–H and O–H groups in total. The average molecular weight is 430 g/mol. The minimum atomic E-state index is -0.522. The Kier molecular flexibility index (Phi) is 7.25. The number of aryl methyl sites for hydroxylation is 2. The van der Waals surface area contributed by atoms with Crippen LogP contribution in [0.1, 0.15) is 22.3 Å². The number of nitrogens with one attached hydrogen (secondary N) is 1. The van der Waals surface area contributed by atoms with E-state index in [0.717, 1.165) is 11.1 Å². The molecule has 0 saturated heterocycles. The zero-order valence-electron chi connectivity index (χ0n) is 18.1. The van der Waals surface area contributed by atoms with E-state index in [2.05, 4.69) is 5.32 Å². The van der Waals surface area contributed by atoms with Crippen LogP contribution in [0.4, 0.5) is 10.1 Å². The Balaban J connectivity index is 1.87. The summed E-state index contributed by atoms with van der Waals surface area (Å²) >= 11 is 0. The van der Waals surface area contributed by atoms with Crippen LogP contribution in [0.15, 0.2) is 66.2 Å². The number of carbonyl (C=O) groups excluding carboxylic acids is 1. The molecule has 0 aliphatic rings. The molecule has 32 heavy (non-hydrogen) atoms. The molecule has 3 rings (SSSR count). The summed E-state index contributed by atoms with van der Waals surface area (Å²) in [6.07, 6.45) is 1.46. The van der Waals surface area contributed by atoms with Gasteiger partial charge in [0.25, 0.3) is 5.91 Å². The molecule has 0 heterocycles. The number of amides is 1. The lowest BCUT2D eigenvalue weighted by molar-refractivity contribution is -0.112. The molecule has 0 aliphatic carbocycles. The van der Waals surface area contributed by atoms with Crippen LogP contribution in [0, 0.1) is 31.0 Å². The minimum absolute atomic E-state index is 0.0780. The van der Waals surface area contributed by atoms with Gasteiger partial charge in [-0.15, -0.1) is 0 Å². The molecular weight excluding hydrogens is 407 g/mol. The van der Waals surface area contributed by atoms with Crippen molar-refractivity contribution in [2.45, 2.75) is 20.5 Å². The summed E-state index contributed by atoms with van der Waals surface area (Å²) in [4.78, 5) is 12.7. The van der Waals surface area contributed by atoms with Crippen LogP contribution in [0.5, 0.6) is 11.5 Å². The summed E-state index contributed by atoms with van der Waals surface area (Å²) < 4.78 is 24.6. The van der Waals surface area contributed by atoms with E-state index in [0.29, 0.717) is 28.3 Å². The van der Waals surface area contributed by atoms with Crippen molar-refractivity contribution in [3.05, 3.63) is 94.3 Å². The number of halogens is 1. The normalized spacial score (nSPS) is 10.9. The number of benzene rings is 3. The Hall–Kier alpha value is -4.11. The van der Waals surface area contributed by atoms with E-state index in [1.54, 1.807) is 36.4 Å². The van der Waals surface area contributed by atoms with E-state index in [-0.39, 0.29) is 18.0 Å². The third-order valence-corrected chi connectivity index (χ3v) is 4.80. The minimum Gasteiger partial charge on any atom is -0.497 e. The van der Waals surface area contributed by atoms with Crippen LogP contribution >= 0.6 is 0 Å². The van der Waals surface area contributed by atoms with Gasteiger partial charge in [-0.05, 0) is 61.4 Å². The Morgan fingerprint density at radius 1 is 1.12 bits per heavy atom. The Labute approximate surface area is 186 Å². The first-order chi connectivity index (χ1) is 15.4. The predicted octanol–water partition coefficient (Wildman–Crippen LogP) is 5.58. The van der Waals surface area contributed by atoms with E-state index in [1.807, 2.05) is 32.0 Å². The molecule has 0 spiro atoms. The maximum Gasteiger partial charge on any atom is 0.266 e. The number of carbonyl (C=O) groups is 1. The Bertz CT molecular complexity index is 1210.